The highest BCUT2D eigenvalue weighted by Gasteiger charge is 2.28. The van der Waals surface area contributed by atoms with E-state index in [4.69, 9.17) is 15.2 Å². The maximum absolute atomic E-state index is 9.51. The zero-order chi connectivity index (χ0) is 11.3. The maximum Gasteiger partial charge on any atom is 0.101 e. The van der Waals surface area contributed by atoms with Crippen LogP contribution in [0.1, 0.15) is 26.7 Å². The molecule has 0 aromatic rings. The van der Waals surface area contributed by atoms with Crippen LogP contribution in [0.15, 0.2) is 0 Å². The van der Waals surface area contributed by atoms with Crippen LogP contribution >= 0.6 is 0 Å². The quantitative estimate of drug-likeness (QED) is 0.653. The lowest BCUT2D eigenvalue weighted by Crippen LogP contribution is -2.38. The summed E-state index contributed by atoms with van der Waals surface area (Å²) >= 11 is 0. The summed E-state index contributed by atoms with van der Waals surface area (Å²) in [5, 5.41) is 9.51. The van der Waals surface area contributed by atoms with E-state index in [0.717, 1.165) is 19.4 Å². The Morgan fingerprint density at radius 1 is 1.33 bits per heavy atom. The minimum atomic E-state index is -0.510. The second-order valence-corrected chi connectivity index (χ2v) is 4.56. The van der Waals surface area contributed by atoms with E-state index in [2.05, 4.69) is 0 Å². The molecule has 0 aromatic carbocycles. The maximum atomic E-state index is 9.51. The molecule has 0 heterocycles. The first-order valence-electron chi connectivity index (χ1n) is 5.73. The van der Waals surface area contributed by atoms with Gasteiger partial charge in [-0.15, -0.1) is 0 Å². The molecule has 0 aliphatic heterocycles. The van der Waals surface area contributed by atoms with Crippen LogP contribution < -0.4 is 5.73 Å². The first kappa shape index (κ1) is 12.9. The highest BCUT2D eigenvalue weighted by molar-refractivity contribution is 4.80. The third-order valence-corrected chi connectivity index (χ3v) is 2.67. The second kappa shape index (κ2) is 6.43. The first-order valence-corrected chi connectivity index (χ1v) is 5.73. The Morgan fingerprint density at radius 3 is 2.53 bits per heavy atom. The lowest BCUT2D eigenvalue weighted by Gasteiger charge is -2.34. The van der Waals surface area contributed by atoms with Crippen LogP contribution in [-0.4, -0.2) is 43.2 Å². The summed E-state index contributed by atoms with van der Waals surface area (Å²) in [6, 6.07) is 0. The van der Waals surface area contributed by atoms with Crippen LogP contribution in [0, 0.1) is 5.92 Å². The number of aliphatic hydroxyl groups is 1. The van der Waals surface area contributed by atoms with Gasteiger partial charge in [0.2, 0.25) is 0 Å². The molecule has 1 saturated carbocycles. The summed E-state index contributed by atoms with van der Waals surface area (Å²) in [6.45, 7) is 5.37. The molecule has 1 aliphatic carbocycles. The van der Waals surface area contributed by atoms with Crippen molar-refractivity contribution in [2.45, 2.75) is 45.0 Å². The van der Waals surface area contributed by atoms with Crippen molar-refractivity contribution in [2.75, 3.05) is 19.8 Å². The number of nitrogens with two attached hydrogens (primary N) is 1. The van der Waals surface area contributed by atoms with Crippen LogP contribution in [0.3, 0.4) is 0 Å². The molecule has 3 N–H and O–H groups in total. The van der Waals surface area contributed by atoms with Gasteiger partial charge in [0.25, 0.3) is 0 Å². The molecular weight excluding hydrogens is 194 g/mol. The fourth-order valence-corrected chi connectivity index (χ4v) is 1.60. The fourth-order valence-electron chi connectivity index (χ4n) is 1.60. The van der Waals surface area contributed by atoms with Gasteiger partial charge in [-0.3, -0.25) is 0 Å². The molecule has 0 aromatic heterocycles. The summed E-state index contributed by atoms with van der Waals surface area (Å²) in [4.78, 5) is 0. The predicted molar refractivity (Wildman–Crippen MR) is 58.6 cm³/mol. The van der Waals surface area contributed by atoms with Crippen molar-refractivity contribution in [1.29, 1.82) is 0 Å². The van der Waals surface area contributed by atoms with Crippen LogP contribution in [0.5, 0.6) is 0 Å². The van der Waals surface area contributed by atoms with Crippen LogP contribution in [0.4, 0.5) is 0 Å². The topological polar surface area (TPSA) is 64.7 Å². The Kier molecular flexibility index (Phi) is 5.53. The summed E-state index contributed by atoms with van der Waals surface area (Å²) < 4.78 is 10.8. The summed E-state index contributed by atoms with van der Waals surface area (Å²) in [6.07, 6.45) is 2.02. The molecule has 1 aliphatic rings. The molecule has 1 unspecified atom stereocenters. The zero-order valence-electron chi connectivity index (χ0n) is 9.69. The van der Waals surface area contributed by atoms with Crippen molar-refractivity contribution in [2.24, 2.45) is 11.7 Å². The van der Waals surface area contributed by atoms with Crippen LogP contribution in [0.2, 0.25) is 0 Å². The van der Waals surface area contributed by atoms with Crippen molar-refractivity contribution in [3.05, 3.63) is 0 Å². The smallest absolute Gasteiger partial charge is 0.101 e. The Hall–Kier alpha value is -0.160. The highest BCUT2D eigenvalue weighted by Crippen LogP contribution is 2.28. The van der Waals surface area contributed by atoms with Crippen molar-refractivity contribution in [1.82, 2.24) is 0 Å². The van der Waals surface area contributed by atoms with E-state index in [-0.39, 0.29) is 6.10 Å². The van der Waals surface area contributed by atoms with Crippen molar-refractivity contribution >= 4 is 0 Å². The van der Waals surface area contributed by atoms with E-state index in [1.807, 2.05) is 13.8 Å². The summed E-state index contributed by atoms with van der Waals surface area (Å²) in [7, 11) is 0. The standard InChI is InChI=1S/C11H23NO3/c1-8(2)14-6-10(13)7-15-11-3-9(4-11)5-12/h8-11,13H,3-7,12H2,1-2H3. The summed E-state index contributed by atoms with van der Waals surface area (Å²) in [5.41, 5.74) is 5.51. The van der Waals surface area contributed by atoms with Crippen molar-refractivity contribution in [3.63, 3.8) is 0 Å². The predicted octanol–water partition coefficient (Wildman–Crippen LogP) is 0.526. The lowest BCUT2D eigenvalue weighted by molar-refractivity contribution is -0.0857. The molecule has 0 amide bonds. The molecule has 0 bridgehead atoms. The largest absolute Gasteiger partial charge is 0.388 e. The molecule has 90 valence electrons. The van der Waals surface area contributed by atoms with Gasteiger partial charge in [-0.1, -0.05) is 0 Å². The van der Waals surface area contributed by atoms with E-state index >= 15 is 0 Å². The Balaban J connectivity index is 1.96. The molecule has 0 radical (unpaired) electrons. The Labute approximate surface area is 91.7 Å². The minimum absolute atomic E-state index is 0.157. The molecule has 0 spiro atoms. The van der Waals surface area contributed by atoms with E-state index in [0.29, 0.717) is 25.2 Å². The highest BCUT2D eigenvalue weighted by atomic mass is 16.5. The summed E-state index contributed by atoms with van der Waals surface area (Å²) in [5.74, 6) is 0.624. The van der Waals surface area contributed by atoms with E-state index in [1.54, 1.807) is 0 Å². The van der Waals surface area contributed by atoms with E-state index in [1.165, 1.54) is 0 Å². The molecule has 0 saturated heterocycles. The molecule has 1 atom stereocenters. The van der Waals surface area contributed by atoms with Gasteiger partial charge in [-0.25, -0.2) is 0 Å². The van der Waals surface area contributed by atoms with Crippen LogP contribution in [0.25, 0.3) is 0 Å². The average Bonchev–Trinajstić information content (AvgIpc) is 2.12. The van der Waals surface area contributed by atoms with Gasteiger partial charge in [0.1, 0.15) is 6.10 Å². The monoisotopic (exact) mass is 217 g/mol. The van der Waals surface area contributed by atoms with Gasteiger partial charge in [-0.2, -0.15) is 0 Å². The van der Waals surface area contributed by atoms with Crippen molar-refractivity contribution in [3.8, 4) is 0 Å². The third-order valence-electron chi connectivity index (χ3n) is 2.67. The first-order chi connectivity index (χ1) is 7.11. The molecule has 1 fully saturated rings. The van der Waals surface area contributed by atoms with Gasteiger partial charge in [0.05, 0.1) is 25.4 Å². The number of ether oxygens (including phenoxy) is 2. The lowest BCUT2D eigenvalue weighted by atomic mass is 9.82. The number of hydrogen-bond donors (Lipinski definition) is 2. The minimum Gasteiger partial charge on any atom is -0.388 e. The second-order valence-electron chi connectivity index (χ2n) is 4.56. The van der Waals surface area contributed by atoms with E-state index in [9.17, 15) is 5.11 Å². The Bertz CT molecular complexity index is 169. The normalized spacial score (nSPS) is 27.8. The fraction of sp³-hybridized carbons (Fsp3) is 1.00. The number of rotatable bonds is 7. The molecule has 1 rings (SSSR count). The SMILES string of the molecule is CC(C)OCC(O)COC1CC(CN)C1. The van der Waals surface area contributed by atoms with Gasteiger partial charge >= 0.3 is 0 Å². The van der Waals surface area contributed by atoms with Gasteiger partial charge in [-0.05, 0) is 39.2 Å². The molecular formula is C11H23NO3. The number of aliphatic hydroxyl groups excluding tert-OH is 1. The van der Waals surface area contributed by atoms with E-state index < -0.39 is 6.10 Å². The van der Waals surface area contributed by atoms with Gasteiger partial charge < -0.3 is 20.3 Å². The van der Waals surface area contributed by atoms with Crippen molar-refractivity contribution < 1.29 is 14.6 Å². The molecule has 4 heteroatoms. The van der Waals surface area contributed by atoms with Gasteiger partial charge in [0, 0.05) is 0 Å². The molecule has 15 heavy (non-hydrogen) atoms. The number of hydrogen-bond acceptors (Lipinski definition) is 4. The third kappa shape index (κ3) is 4.93. The zero-order valence-corrected chi connectivity index (χ0v) is 9.69. The average molecular weight is 217 g/mol. The Morgan fingerprint density at radius 2 is 2.00 bits per heavy atom. The van der Waals surface area contributed by atoms with Gasteiger partial charge in [0.15, 0.2) is 0 Å². The van der Waals surface area contributed by atoms with Crippen LogP contribution in [-0.2, 0) is 9.47 Å². The molecule has 4 nitrogen and oxygen atoms in total.